The van der Waals surface area contributed by atoms with Gasteiger partial charge in [-0.15, -0.1) is 0 Å². The van der Waals surface area contributed by atoms with Crippen molar-refractivity contribution < 1.29 is 8.91 Å². The Kier molecular flexibility index (Phi) is 12.0. The number of pyridine rings is 1. The van der Waals surface area contributed by atoms with Crippen LogP contribution in [0, 0.1) is 18.2 Å². The van der Waals surface area contributed by atoms with Gasteiger partial charge in [-0.25, -0.2) is 19.9 Å². The van der Waals surface area contributed by atoms with Crippen molar-refractivity contribution >= 4 is 39.4 Å². The third kappa shape index (κ3) is 7.76. The average molecular weight is 811 g/mol. The number of aromatic nitrogens is 5. The minimum Gasteiger partial charge on any atom is -0.400 e. The first-order valence-electron chi connectivity index (χ1n) is 17.1. The SMILES string of the molecule is CC.Cc1cccc([C@@]2(C)CCCCC(C)(C)/C(N)=C/N(N)Cc3c(c(F)cc4[nH]ccc34)C(OPI)c3ccnc(c3)-c3nc2nn3C)c1. The van der Waals surface area contributed by atoms with Crippen LogP contribution < -0.4 is 11.6 Å². The molecule has 0 amide bonds. The van der Waals surface area contributed by atoms with Crippen LogP contribution in [0.1, 0.15) is 100 Å². The van der Waals surface area contributed by atoms with Crippen molar-refractivity contribution in [2.45, 2.75) is 85.3 Å². The van der Waals surface area contributed by atoms with Crippen LogP contribution in [-0.2, 0) is 23.5 Å². The average Bonchev–Trinajstić information content (AvgIpc) is 3.73. The molecule has 9 nitrogen and oxygen atoms in total. The van der Waals surface area contributed by atoms with Crippen molar-refractivity contribution in [1.29, 1.82) is 0 Å². The van der Waals surface area contributed by atoms with E-state index in [0.29, 0.717) is 28.3 Å². The van der Waals surface area contributed by atoms with Gasteiger partial charge < -0.3 is 20.3 Å². The van der Waals surface area contributed by atoms with Gasteiger partial charge in [0.2, 0.25) is 0 Å². The zero-order chi connectivity index (χ0) is 36.2. The number of aryl methyl sites for hydroxylation is 2. The zero-order valence-electron chi connectivity index (χ0n) is 30.0. The van der Waals surface area contributed by atoms with Gasteiger partial charge in [0, 0.05) is 53.2 Å². The lowest BCUT2D eigenvalue weighted by molar-refractivity contribution is 0.279. The molecule has 50 heavy (non-hydrogen) atoms. The molecule has 4 heterocycles. The number of nitrogens with two attached hydrogens (primary N) is 2. The van der Waals surface area contributed by atoms with Gasteiger partial charge in [0.25, 0.3) is 0 Å². The molecule has 1 aliphatic heterocycles. The number of halogens is 2. The maximum atomic E-state index is 16.3. The fourth-order valence-electron chi connectivity index (χ4n) is 6.77. The number of rotatable bonds is 3. The largest absolute Gasteiger partial charge is 0.400 e. The summed E-state index contributed by atoms with van der Waals surface area (Å²) in [6, 6.07) is 15.9. The molecule has 0 saturated heterocycles. The highest BCUT2D eigenvalue weighted by Gasteiger charge is 2.35. The molecule has 12 heteroatoms. The third-order valence-electron chi connectivity index (χ3n) is 9.77. The highest BCUT2D eigenvalue weighted by Crippen LogP contribution is 2.43. The maximum Gasteiger partial charge on any atom is 0.176 e. The predicted molar refractivity (Wildman–Crippen MR) is 211 cm³/mol. The van der Waals surface area contributed by atoms with Crippen LogP contribution in [0.2, 0.25) is 0 Å². The molecule has 1 aliphatic rings. The predicted octanol–water partition coefficient (Wildman–Crippen LogP) is 9.26. The molecular formula is C38H49FIN8OP. The van der Waals surface area contributed by atoms with Gasteiger partial charge in [-0.2, -0.15) is 5.10 Å². The van der Waals surface area contributed by atoms with Crippen molar-refractivity contribution in [1.82, 2.24) is 29.7 Å². The second-order valence-corrected chi connectivity index (χ2v) is 15.4. The van der Waals surface area contributed by atoms with Crippen LogP contribution >= 0.6 is 28.5 Å². The molecule has 2 unspecified atom stereocenters. The standard InChI is InChI=1S/C36H43FIN8OP.C2H6/c1-22-9-8-10-24(17-22)36(4)14-7-6-13-35(2,3)30(39)21-46(40)20-26-25-12-16-41-28(25)19-27(37)31(26)32(47-48-38)23-11-15-42-29(18-23)33-43-34(36)44-45(33)5;1-2/h8-12,15-19,21,32,41,48H,6-7,13-14,20,39-40H2,1-5H3;1-2H3/b30-21-;/t32?,36-;/m1./s1. The number of aromatic amines is 1. The topological polar surface area (TPSA) is 124 Å². The van der Waals surface area contributed by atoms with E-state index in [2.05, 4.69) is 79.0 Å². The van der Waals surface area contributed by atoms with Gasteiger partial charge >= 0.3 is 0 Å². The number of nitrogens with one attached hydrogen (secondary N) is 1. The van der Waals surface area contributed by atoms with E-state index in [1.807, 2.05) is 45.3 Å². The molecule has 0 fully saturated rings. The Morgan fingerprint density at radius 2 is 1.84 bits per heavy atom. The summed E-state index contributed by atoms with van der Waals surface area (Å²) in [6.45, 7) is 12.9. The molecule has 2 aromatic carbocycles. The van der Waals surface area contributed by atoms with Gasteiger partial charge in [0.05, 0.1) is 18.4 Å². The second-order valence-electron chi connectivity index (χ2n) is 13.7. The summed E-state index contributed by atoms with van der Waals surface area (Å²) in [5.74, 6) is 7.64. The van der Waals surface area contributed by atoms with Gasteiger partial charge in [0.1, 0.15) is 17.6 Å². The normalized spacial score (nSPS) is 21.0. The molecule has 4 bridgehead atoms. The van der Waals surface area contributed by atoms with Crippen LogP contribution in [0.15, 0.2) is 72.8 Å². The molecule has 3 atom stereocenters. The Balaban J connectivity index is 0.00000239. The highest BCUT2D eigenvalue weighted by atomic mass is 127. The lowest BCUT2D eigenvalue weighted by atomic mass is 9.75. The molecule has 0 radical (unpaired) electrons. The van der Waals surface area contributed by atoms with E-state index < -0.39 is 11.5 Å². The molecule has 5 aromatic rings. The fraction of sp³-hybridized carbons (Fsp3) is 0.395. The van der Waals surface area contributed by atoms with Crippen molar-refractivity contribution in [2.24, 2.45) is 24.0 Å². The van der Waals surface area contributed by atoms with Crippen molar-refractivity contribution in [3.63, 3.8) is 0 Å². The molecule has 0 aliphatic carbocycles. The third-order valence-corrected chi connectivity index (χ3v) is 10.9. The summed E-state index contributed by atoms with van der Waals surface area (Å²) >= 11 is 2.18. The minimum atomic E-state index is -0.727. The first-order chi connectivity index (χ1) is 23.9. The van der Waals surface area contributed by atoms with E-state index in [1.54, 1.807) is 22.1 Å². The van der Waals surface area contributed by atoms with Crippen LogP contribution in [0.4, 0.5) is 4.39 Å². The fourth-order valence-corrected chi connectivity index (χ4v) is 7.87. The Bertz CT molecular complexity index is 1970. The summed E-state index contributed by atoms with van der Waals surface area (Å²) in [5.41, 5.74) is 12.2. The Morgan fingerprint density at radius 1 is 1.08 bits per heavy atom. The van der Waals surface area contributed by atoms with Crippen molar-refractivity contribution in [3.8, 4) is 11.5 Å². The van der Waals surface area contributed by atoms with Crippen LogP contribution in [0.5, 0.6) is 0 Å². The van der Waals surface area contributed by atoms with Crippen molar-refractivity contribution in [2.75, 3.05) is 0 Å². The summed E-state index contributed by atoms with van der Waals surface area (Å²) < 4.78 is 24.5. The lowest BCUT2D eigenvalue weighted by Crippen LogP contribution is -2.31. The minimum absolute atomic E-state index is 0.0630. The number of hydrogen-bond acceptors (Lipinski definition) is 7. The number of fused-ring (bicyclic) bond motifs is 8. The zero-order valence-corrected chi connectivity index (χ0v) is 33.2. The van der Waals surface area contributed by atoms with Gasteiger partial charge in [0.15, 0.2) is 11.6 Å². The molecule has 266 valence electrons. The quantitative estimate of drug-likeness (QED) is 0.0944. The van der Waals surface area contributed by atoms with E-state index in [0.717, 1.165) is 48.0 Å². The molecule has 6 rings (SSSR count). The van der Waals surface area contributed by atoms with Crippen LogP contribution in [-0.4, -0.2) is 29.7 Å². The molecular weight excluding hydrogens is 761 g/mol. The monoisotopic (exact) mass is 810 g/mol. The van der Waals surface area contributed by atoms with E-state index in [-0.39, 0.29) is 24.2 Å². The number of nitrogens with zero attached hydrogens (tertiary/aromatic N) is 5. The van der Waals surface area contributed by atoms with Gasteiger partial charge in [-0.05, 0) is 89.7 Å². The second kappa shape index (κ2) is 15.9. The summed E-state index contributed by atoms with van der Waals surface area (Å²) in [4.78, 5) is 13.0. The van der Waals surface area contributed by atoms with Crippen LogP contribution in [0.25, 0.3) is 22.4 Å². The number of allylic oxidation sites excluding steroid dienone is 1. The lowest BCUT2D eigenvalue weighted by Gasteiger charge is -2.30. The smallest absolute Gasteiger partial charge is 0.176 e. The van der Waals surface area contributed by atoms with Crippen molar-refractivity contribution in [3.05, 3.63) is 112 Å². The molecule has 0 saturated carbocycles. The maximum absolute atomic E-state index is 16.3. The summed E-state index contributed by atoms with van der Waals surface area (Å²) in [7, 11) is 1.90. The number of hydrogen-bond donors (Lipinski definition) is 3. The van der Waals surface area contributed by atoms with E-state index >= 15 is 4.39 Å². The molecule has 0 spiro atoms. The first-order valence-corrected chi connectivity index (χ1v) is 21.2. The summed E-state index contributed by atoms with van der Waals surface area (Å²) in [5, 5.41) is 7.43. The van der Waals surface area contributed by atoms with E-state index in [1.165, 1.54) is 17.2 Å². The Labute approximate surface area is 309 Å². The number of benzene rings is 2. The first kappa shape index (κ1) is 37.9. The molecule has 3 aromatic heterocycles. The highest BCUT2D eigenvalue weighted by molar-refractivity contribution is 14.2. The summed E-state index contributed by atoms with van der Waals surface area (Å²) in [6.07, 6.45) is 8.21. The Hall–Kier alpha value is -3.38. The number of H-pyrrole nitrogens is 1. The van der Waals surface area contributed by atoms with E-state index in [9.17, 15) is 0 Å². The molecule has 5 N–H and O–H groups in total. The van der Waals surface area contributed by atoms with Gasteiger partial charge in [-0.3, -0.25) is 4.98 Å². The van der Waals surface area contributed by atoms with Crippen LogP contribution in [0.3, 0.4) is 0 Å². The van der Waals surface area contributed by atoms with E-state index in [4.69, 9.17) is 31.2 Å². The van der Waals surface area contributed by atoms with Gasteiger partial charge in [-0.1, -0.05) is 70.4 Å². The number of hydrazine groups is 1. The Morgan fingerprint density at radius 3 is 2.58 bits per heavy atom.